The molecule has 6 heteroatoms. The van der Waals surface area contributed by atoms with Crippen molar-refractivity contribution in [2.45, 2.75) is 18.9 Å². The fourth-order valence-corrected chi connectivity index (χ4v) is 2.16. The van der Waals surface area contributed by atoms with E-state index in [-0.39, 0.29) is 17.0 Å². The molecule has 5 nitrogen and oxygen atoms in total. The van der Waals surface area contributed by atoms with Crippen LogP contribution in [-0.2, 0) is 0 Å². The van der Waals surface area contributed by atoms with Gasteiger partial charge < -0.3 is 10.6 Å². The largest absolute Gasteiger partial charge is 0.349 e. The molecule has 0 unspecified atom stereocenters. The molecule has 1 aliphatic carbocycles. The number of hydrogen-bond donors (Lipinski definition) is 2. The molecule has 112 valence electrons. The Morgan fingerprint density at radius 3 is 2.45 bits per heavy atom. The van der Waals surface area contributed by atoms with E-state index in [4.69, 9.17) is 11.6 Å². The summed E-state index contributed by atoms with van der Waals surface area (Å²) in [5, 5.41) is 5.79. The van der Waals surface area contributed by atoms with Crippen LogP contribution in [0.25, 0.3) is 0 Å². The number of benzene rings is 1. The number of rotatable bonds is 4. The van der Waals surface area contributed by atoms with Gasteiger partial charge in [0.05, 0.1) is 5.56 Å². The van der Waals surface area contributed by atoms with Crippen molar-refractivity contribution in [2.75, 3.05) is 5.32 Å². The van der Waals surface area contributed by atoms with E-state index in [1.54, 1.807) is 36.4 Å². The minimum absolute atomic E-state index is 0.0873. The Morgan fingerprint density at radius 2 is 1.82 bits per heavy atom. The van der Waals surface area contributed by atoms with Crippen LogP contribution in [0.15, 0.2) is 42.6 Å². The van der Waals surface area contributed by atoms with E-state index < -0.39 is 0 Å². The van der Waals surface area contributed by atoms with Gasteiger partial charge in [0.1, 0.15) is 5.15 Å². The summed E-state index contributed by atoms with van der Waals surface area (Å²) in [5.41, 5.74) is 1.47. The van der Waals surface area contributed by atoms with Gasteiger partial charge in [-0.15, -0.1) is 0 Å². The second-order valence-corrected chi connectivity index (χ2v) is 5.48. The molecule has 3 rings (SSSR count). The quantitative estimate of drug-likeness (QED) is 0.852. The lowest BCUT2D eigenvalue weighted by Crippen LogP contribution is -2.25. The Labute approximate surface area is 132 Å². The molecule has 1 aromatic carbocycles. The Morgan fingerprint density at radius 1 is 1.09 bits per heavy atom. The molecule has 1 fully saturated rings. The summed E-state index contributed by atoms with van der Waals surface area (Å²) in [6.07, 6.45) is 3.61. The fraction of sp³-hybridized carbons (Fsp3) is 0.188. The summed E-state index contributed by atoms with van der Waals surface area (Å²) in [7, 11) is 0. The van der Waals surface area contributed by atoms with E-state index in [1.165, 1.54) is 6.20 Å². The highest BCUT2D eigenvalue weighted by molar-refractivity contribution is 6.33. The van der Waals surface area contributed by atoms with Gasteiger partial charge in [0.25, 0.3) is 11.8 Å². The van der Waals surface area contributed by atoms with Crippen LogP contribution in [0.1, 0.15) is 33.6 Å². The smallest absolute Gasteiger partial charge is 0.258 e. The van der Waals surface area contributed by atoms with Crippen molar-refractivity contribution >= 4 is 29.1 Å². The Hall–Kier alpha value is -2.40. The van der Waals surface area contributed by atoms with Gasteiger partial charge >= 0.3 is 0 Å². The van der Waals surface area contributed by atoms with E-state index >= 15 is 0 Å². The van der Waals surface area contributed by atoms with E-state index in [1.807, 2.05) is 0 Å². The minimum Gasteiger partial charge on any atom is -0.349 e. The van der Waals surface area contributed by atoms with Crippen LogP contribution in [0, 0.1) is 0 Å². The summed E-state index contributed by atoms with van der Waals surface area (Å²) in [6.45, 7) is 0. The molecule has 1 aromatic heterocycles. The molecule has 0 bridgehead atoms. The fourth-order valence-electron chi connectivity index (χ4n) is 1.96. The van der Waals surface area contributed by atoms with Crippen molar-refractivity contribution in [3.8, 4) is 0 Å². The first-order chi connectivity index (χ1) is 10.6. The standard InChI is InChI=1S/C16H14ClN3O2/c17-14-13(2-1-9-18-14)16(22)20-11-5-3-10(4-6-11)15(21)19-12-7-8-12/h1-6,9,12H,7-8H2,(H,19,21)(H,20,22). The number of anilines is 1. The van der Waals surface area contributed by atoms with Gasteiger partial charge in [-0.1, -0.05) is 11.6 Å². The highest BCUT2D eigenvalue weighted by Gasteiger charge is 2.23. The summed E-state index contributed by atoms with van der Waals surface area (Å²) in [5.74, 6) is -0.427. The van der Waals surface area contributed by atoms with Gasteiger partial charge in [-0.3, -0.25) is 9.59 Å². The van der Waals surface area contributed by atoms with Crippen LogP contribution < -0.4 is 10.6 Å². The van der Waals surface area contributed by atoms with Gasteiger partial charge in [-0.25, -0.2) is 4.98 Å². The Kier molecular flexibility index (Phi) is 4.06. The molecular weight excluding hydrogens is 302 g/mol. The average Bonchev–Trinajstić information content (AvgIpc) is 3.32. The van der Waals surface area contributed by atoms with E-state index in [2.05, 4.69) is 15.6 Å². The van der Waals surface area contributed by atoms with Crippen molar-refractivity contribution in [1.29, 1.82) is 0 Å². The van der Waals surface area contributed by atoms with Crippen molar-refractivity contribution in [2.24, 2.45) is 0 Å². The summed E-state index contributed by atoms with van der Waals surface area (Å²) in [6, 6.07) is 10.3. The zero-order valence-electron chi connectivity index (χ0n) is 11.7. The van der Waals surface area contributed by atoms with Gasteiger partial charge in [0.2, 0.25) is 0 Å². The first-order valence-electron chi connectivity index (χ1n) is 6.96. The molecule has 1 aliphatic rings. The SMILES string of the molecule is O=C(NC1CC1)c1ccc(NC(=O)c2cccnc2Cl)cc1. The maximum absolute atomic E-state index is 12.1. The summed E-state index contributed by atoms with van der Waals surface area (Å²) >= 11 is 5.88. The molecule has 1 saturated carbocycles. The zero-order valence-corrected chi connectivity index (χ0v) is 12.4. The lowest BCUT2D eigenvalue weighted by molar-refractivity contribution is 0.0950. The highest BCUT2D eigenvalue weighted by atomic mass is 35.5. The van der Waals surface area contributed by atoms with Gasteiger partial charge in [-0.05, 0) is 49.2 Å². The third kappa shape index (κ3) is 3.43. The maximum atomic E-state index is 12.1. The predicted molar refractivity (Wildman–Crippen MR) is 84.1 cm³/mol. The average molecular weight is 316 g/mol. The Balaban J connectivity index is 1.66. The Bertz CT molecular complexity index is 712. The third-order valence-corrected chi connectivity index (χ3v) is 3.62. The maximum Gasteiger partial charge on any atom is 0.258 e. The van der Waals surface area contributed by atoms with Crippen LogP contribution >= 0.6 is 11.6 Å². The highest BCUT2D eigenvalue weighted by Crippen LogP contribution is 2.20. The predicted octanol–water partition coefficient (Wildman–Crippen LogP) is 2.88. The van der Waals surface area contributed by atoms with Gasteiger partial charge in [-0.2, -0.15) is 0 Å². The number of nitrogens with zero attached hydrogens (tertiary/aromatic N) is 1. The zero-order chi connectivity index (χ0) is 15.5. The summed E-state index contributed by atoms with van der Waals surface area (Å²) in [4.78, 5) is 27.8. The molecule has 0 atom stereocenters. The normalized spacial score (nSPS) is 13.5. The van der Waals surface area contributed by atoms with Crippen LogP contribution in [0.3, 0.4) is 0 Å². The first-order valence-corrected chi connectivity index (χ1v) is 7.34. The molecule has 1 heterocycles. The third-order valence-electron chi connectivity index (χ3n) is 3.32. The molecule has 0 aliphatic heterocycles. The van der Waals surface area contributed by atoms with Gasteiger partial charge in [0.15, 0.2) is 0 Å². The molecule has 2 amide bonds. The lowest BCUT2D eigenvalue weighted by atomic mass is 10.2. The number of hydrogen-bond acceptors (Lipinski definition) is 3. The molecule has 0 radical (unpaired) electrons. The molecule has 2 aromatic rings. The van der Waals surface area contributed by atoms with Crippen LogP contribution in [0.5, 0.6) is 0 Å². The number of carbonyl (C=O) groups excluding carboxylic acids is 2. The first kappa shape index (κ1) is 14.5. The molecule has 22 heavy (non-hydrogen) atoms. The van der Waals surface area contributed by atoms with E-state index in [0.717, 1.165) is 12.8 Å². The lowest BCUT2D eigenvalue weighted by Gasteiger charge is -2.07. The van der Waals surface area contributed by atoms with Crippen LogP contribution in [0.4, 0.5) is 5.69 Å². The number of nitrogens with one attached hydrogen (secondary N) is 2. The molecule has 0 saturated heterocycles. The number of aromatic nitrogens is 1. The molecule has 2 N–H and O–H groups in total. The molecular formula is C16H14ClN3O2. The van der Waals surface area contributed by atoms with E-state index in [0.29, 0.717) is 22.9 Å². The van der Waals surface area contributed by atoms with E-state index in [9.17, 15) is 9.59 Å². The number of amides is 2. The van der Waals surface area contributed by atoms with Crippen LogP contribution in [-0.4, -0.2) is 22.8 Å². The van der Waals surface area contributed by atoms with Crippen molar-refractivity contribution < 1.29 is 9.59 Å². The van der Waals surface area contributed by atoms with Crippen molar-refractivity contribution in [1.82, 2.24) is 10.3 Å². The second kappa shape index (κ2) is 6.15. The topological polar surface area (TPSA) is 71.1 Å². The number of halogens is 1. The molecule has 0 spiro atoms. The number of carbonyl (C=O) groups is 2. The monoisotopic (exact) mass is 315 g/mol. The van der Waals surface area contributed by atoms with Crippen LogP contribution in [0.2, 0.25) is 5.15 Å². The minimum atomic E-state index is -0.340. The number of pyridine rings is 1. The second-order valence-electron chi connectivity index (χ2n) is 5.12. The van der Waals surface area contributed by atoms with Gasteiger partial charge in [0, 0.05) is 23.5 Å². The van der Waals surface area contributed by atoms with Crippen molar-refractivity contribution in [3.05, 3.63) is 58.9 Å². The van der Waals surface area contributed by atoms with Crippen molar-refractivity contribution in [3.63, 3.8) is 0 Å². The summed E-state index contributed by atoms with van der Waals surface area (Å²) < 4.78 is 0.